The lowest BCUT2D eigenvalue weighted by Crippen LogP contribution is -2.53. The summed E-state index contributed by atoms with van der Waals surface area (Å²) in [5.41, 5.74) is 8.28. The molecule has 3 rings (SSSR count). The number of halogens is 2. The smallest absolute Gasteiger partial charge is 0.246 e. The lowest BCUT2D eigenvalue weighted by atomic mass is 10.1. The predicted octanol–water partition coefficient (Wildman–Crippen LogP) is 4.21. The molecule has 1 amide bonds. The number of amides is 1. The molecule has 0 radical (unpaired) electrons. The molecule has 1 heterocycles. The van der Waals surface area contributed by atoms with Gasteiger partial charge < -0.3 is 15.4 Å². The maximum Gasteiger partial charge on any atom is 0.246 e. The third kappa shape index (κ3) is 5.52. The Morgan fingerprint density at radius 1 is 1.30 bits per heavy atom. The molecule has 0 aromatic heterocycles. The molecule has 1 atom stereocenters. The normalized spacial score (nSPS) is 17.5. The highest BCUT2D eigenvalue weighted by Crippen LogP contribution is 2.30. The molecule has 1 aliphatic rings. The average Bonchev–Trinajstić information content (AvgIpc) is 2.71. The number of ether oxygens (including phenoxy) is 1. The molecular formula is C23H27ClFN3O2. The molecule has 2 aromatic carbocycles. The van der Waals surface area contributed by atoms with Crippen LogP contribution in [0, 0.1) is 5.82 Å². The summed E-state index contributed by atoms with van der Waals surface area (Å²) in [5, 5.41) is 0.448. The second kappa shape index (κ2) is 9.96. The zero-order valence-electron chi connectivity index (χ0n) is 17.3. The third-order valence-electron chi connectivity index (χ3n) is 5.16. The number of hydrogen-bond donors (Lipinski definition) is 1. The summed E-state index contributed by atoms with van der Waals surface area (Å²) in [6.07, 6.45) is 3.25. The van der Waals surface area contributed by atoms with Crippen molar-refractivity contribution in [3.63, 3.8) is 0 Å². The maximum atomic E-state index is 13.1. The Balaban J connectivity index is 1.61. The number of carbonyl (C=O) groups is 1. The fraction of sp³-hybridized carbons (Fsp3) is 0.348. The number of carbonyl (C=O) groups excluding carboxylic acids is 1. The number of hydrogen-bond acceptors (Lipinski definition) is 4. The number of nitrogens with two attached hydrogens (primary N) is 1. The van der Waals surface area contributed by atoms with Crippen LogP contribution in [0.4, 0.5) is 10.1 Å². The van der Waals surface area contributed by atoms with Gasteiger partial charge in [-0.05, 0) is 49.8 Å². The molecule has 7 heteroatoms. The van der Waals surface area contributed by atoms with Crippen molar-refractivity contribution in [2.24, 2.45) is 0 Å². The van der Waals surface area contributed by atoms with Crippen LogP contribution in [0.25, 0.3) is 6.08 Å². The van der Waals surface area contributed by atoms with Crippen LogP contribution in [0.15, 0.2) is 42.5 Å². The van der Waals surface area contributed by atoms with E-state index in [1.165, 1.54) is 12.1 Å². The summed E-state index contributed by atoms with van der Waals surface area (Å²) in [7, 11) is 0. The van der Waals surface area contributed by atoms with Gasteiger partial charge in [-0.25, -0.2) is 4.39 Å². The topological polar surface area (TPSA) is 58.8 Å². The molecule has 2 N–H and O–H groups in total. The highest BCUT2D eigenvalue weighted by atomic mass is 35.5. The van der Waals surface area contributed by atoms with Crippen molar-refractivity contribution < 1.29 is 13.9 Å². The van der Waals surface area contributed by atoms with Gasteiger partial charge in [-0.2, -0.15) is 0 Å². The molecule has 0 saturated carbocycles. The first-order valence-electron chi connectivity index (χ1n) is 10.0. The summed E-state index contributed by atoms with van der Waals surface area (Å²) in [6.45, 7) is 7.30. The molecule has 1 aliphatic heterocycles. The summed E-state index contributed by atoms with van der Waals surface area (Å²) < 4.78 is 18.6. The Morgan fingerprint density at radius 3 is 2.70 bits per heavy atom. The van der Waals surface area contributed by atoms with Crippen LogP contribution in [0.5, 0.6) is 5.75 Å². The summed E-state index contributed by atoms with van der Waals surface area (Å²) in [5.74, 6) is 0.253. The number of anilines is 1. The molecule has 1 saturated heterocycles. The lowest BCUT2D eigenvalue weighted by molar-refractivity contribution is -0.130. The Labute approximate surface area is 181 Å². The molecule has 0 bridgehead atoms. The minimum atomic E-state index is -0.232. The van der Waals surface area contributed by atoms with Crippen molar-refractivity contribution in [3.8, 4) is 5.75 Å². The van der Waals surface area contributed by atoms with Crippen molar-refractivity contribution in [3.05, 3.63) is 64.4 Å². The number of rotatable bonds is 6. The van der Waals surface area contributed by atoms with Gasteiger partial charge in [0.25, 0.3) is 0 Å². The van der Waals surface area contributed by atoms with E-state index >= 15 is 0 Å². The van der Waals surface area contributed by atoms with E-state index in [0.29, 0.717) is 35.2 Å². The Hall–Kier alpha value is -2.57. The second-order valence-corrected chi connectivity index (χ2v) is 7.83. The quantitative estimate of drug-likeness (QED) is 0.550. The van der Waals surface area contributed by atoms with E-state index in [0.717, 1.165) is 25.2 Å². The molecule has 160 valence electrons. The van der Waals surface area contributed by atoms with Gasteiger partial charge in [0.2, 0.25) is 5.91 Å². The predicted molar refractivity (Wildman–Crippen MR) is 119 cm³/mol. The van der Waals surface area contributed by atoms with Gasteiger partial charge in [-0.3, -0.25) is 9.69 Å². The van der Waals surface area contributed by atoms with Crippen molar-refractivity contribution in [2.45, 2.75) is 26.4 Å². The van der Waals surface area contributed by atoms with E-state index in [2.05, 4.69) is 4.90 Å². The molecule has 5 nitrogen and oxygen atoms in total. The van der Waals surface area contributed by atoms with Crippen molar-refractivity contribution in [2.75, 3.05) is 32.0 Å². The molecule has 1 fully saturated rings. The third-order valence-corrected chi connectivity index (χ3v) is 5.45. The van der Waals surface area contributed by atoms with Crippen molar-refractivity contribution in [1.29, 1.82) is 0 Å². The van der Waals surface area contributed by atoms with Gasteiger partial charge in [0.1, 0.15) is 11.6 Å². The van der Waals surface area contributed by atoms with Crippen LogP contribution in [-0.2, 0) is 11.3 Å². The number of benzene rings is 2. The summed E-state index contributed by atoms with van der Waals surface area (Å²) in [6, 6.07) is 9.99. The largest absolute Gasteiger partial charge is 0.492 e. The summed E-state index contributed by atoms with van der Waals surface area (Å²) in [4.78, 5) is 16.9. The second-order valence-electron chi connectivity index (χ2n) is 7.42. The Kier molecular flexibility index (Phi) is 7.34. The first-order valence-corrected chi connectivity index (χ1v) is 10.4. The first-order chi connectivity index (χ1) is 14.4. The fourth-order valence-corrected chi connectivity index (χ4v) is 3.83. The highest BCUT2D eigenvalue weighted by molar-refractivity contribution is 6.32. The molecule has 30 heavy (non-hydrogen) atoms. The minimum absolute atomic E-state index is 0.0590. The van der Waals surface area contributed by atoms with Crippen molar-refractivity contribution >= 4 is 29.3 Å². The molecule has 1 unspecified atom stereocenters. The van der Waals surface area contributed by atoms with Crippen LogP contribution in [0.2, 0.25) is 5.02 Å². The van der Waals surface area contributed by atoms with E-state index in [9.17, 15) is 9.18 Å². The maximum absolute atomic E-state index is 13.1. The Morgan fingerprint density at radius 2 is 2.03 bits per heavy atom. The monoisotopic (exact) mass is 431 g/mol. The zero-order chi connectivity index (χ0) is 21.7. The molecule has 0 aliphatic carbocycles. The van der Waals surface area contributed by atoms with Gasteiger partial charge in [-0.15, -0.1) is 0 Å². The van der Waals surface area contributed by atoms with Crippen LogP contribution in [0.3, 0.4) is 0 Å². The Bertz CT molecular complexity index is 917. The van der Waals surface area contributed by atoms with E-state index in [1.807, 2.05) is 18.7 Å². The van der Waals surface area contributed by atoms with Crippen LogP contribution >= 0.6 is 11.6 Å². The minimum Gasteiger partial charge on any atom is -0.492 e. The fourth-order valence-electron chi connectivity index (χ4n) is 3.60. The average molecular weight is 432 g/mol. The number of nitrogens with zero attached hydrogens (tertiary/aromatic N) is 2. The number of nitrogen functional groups attached to an aromatic ring is 1. The highest BCUT2D eigenvalue weighted by Gasteiger charge is 2.26. The standard InChI is InChI=1S/C23H27ClFN3O2/c1-3-30-22-12-18(21(26)13-20(22)24)6-9-23(29)28-11-10-27(14-16(28)2)15-17-4-7-19(25)8-5-17/h4-9,12-13,16H,3,10-11,14-15,26H2,1-2H3. The van der Waals surface area contributed by atoms with Gasteiger partial charge >= 0.3 is 0 Å². The SMILES string of the molecule is CCOc1cc(C=CC(=O)N2CCN(Cc3ccc(F)cc3)CC2C)c(N)cc1Cl. The van der Waals surface area contributed by atoms with E-state index in [1.54, 1.807) is 36.4 Å². The van der Waals surface area contributed by atoms with Crippen molar-refractivity contribution in [1.82, 2.24) is 9.80 Å². The zero-order valence-corrected chi connectivity index (χ0v) is 18.0. The van der Waals surface area contributed by atoms with Gasteiger partial charge in [0, 0.05) is 49.5 Å². The summed E-state index contributed by atoms with van der Waals surface area (Å²) >= 11 is 6.14. The first kappa shape index (κ1) is 22.1. The lowest BCUT2D eigenvalue weighted by Gasteiger charge is -2.39. The van der Waals surface area contributed by atoms with Gasteiger partial charge in [0.15, 0.2) is 0 Å². The van der Waals surface area contributed by atoms with E-state index in [4.69, 9.17) is 22.1 Å². The van der Waals surface area contributed by atoms with E-state index in [-0.39, 0.29) is 17.8 Å². The van der Waals surface area contributed by atoms with Crippen LogP contribution < -0.4 is 10.5 Å². The molecule has 0 spiro atoms. The van der Waals surface area contributed by atoms with Gasteiger partial charge in [0.05, 0.1) is 11.6 Å². The van der Waals surface area contributed by atoms with Crippen LogP contribution in [0.1, 0.15) is 25.0 Å². The van der Waals surface area contributed by atoms with Crippen LogP contribution in [-0.4, -0.2) is 48.0 Å². The number of piperazine rings is 1. The molecular weight excluding hydrogens is 405 g/mol. The van der Waals surface area contributed by atoms with E-state index < -0.39 is 0 Å². The van der Waals surface area contributed by atoms with Gasteiger partial charge in [-0.1, -0.05) is 23.7 Å². The molecule has 2 aromatic rings.